The van der Waals surface area contributed by atoms with E-state index < -0.39 is 17.7 Å². The number of carboxylic acids is 1. The summed E-state index contributed by atoms with van der Waals surface area (Å²) in [6.45, 7) is 7.69. The molecule has 0 spiro atoms. The third-order valence-corrected chi connectivity index (χ3v) is 6.57. The van der Waals surface area contributed by atoms with Crippen molar-refractivity contribution in [3.8, 4) is 11.3 Å². The molecule has 0 aliphatic carbocycles. The Morgan fingerprint density at radius 2 is 1.95 bits per heavy atom. The SMILES string of the molecule is CCCc1nc(Cl)c(C(=O)O)n1Cc1ccc2oc(-c3ccccc3NC(=O)OC(C)(C)C)c(Br)c2c1. The number of nitrogens with one attached hydrogen (secondary N) is 1. The Balaban J connectivity index is 1.71. The first kappa shape index (κ1) is 26.8. The van der Waals surface area contributed by atoms with Crippen molar-refractivity contribution in [1.82, 2.24) is 9.55 Å². The molecule has 0 aliphatic rings. The lowest BCUT2D eigenvalue weighted by Crippen LogP contribution is -2.27. The second kappa shape index (κ2) is 10.6. The molecule has 2 aromatic carbocycles. The number of aryl methyl sites for hydroxylation is 1. The zero-order chi connectivity index (χ0) is 26.9. The van der Waals surface area contributed by atoms with Crippen LogP contribution in [0.4, 0.5) is 10.5 Å². The van der Waals surface area contributed by atoms with E-state index >= 15 is 0 Å². The molecule has 1 amide bonds. The van der Waals surface area contributed by atoms with Crippen molar-refractivity contribution in [3.63, 3.8) is 0 Å². The number of hydrogen-bond acceptors (Lipinski definition) is 5. The van der Waals surface area contributed by atoms with E-state index in [1.54, 1.807) is 31.4 Å². The molecular weight excluding hydrogens is 562 g/mol. The normalized spacial score (nSPS) is 11.6. The van der Waals surface area contributed by atoms with Gasteiger partial charge in [-0.15, -0.1) is 0 Å². The van der Waals surface area contributed by atoms with E-state index in [2.05, 4.69) is 26.2 Å². The number of nitrogens with zero attached hydrogens (tertiary/aromatic N) is 2. The molecule has 0 radical (unpaired) electrons. The summed E-state index contributed by atoms with van der Waals surface area (Å²) < 4.78 is 13.9. The molecule has 4 rings (SSSR count). The summed E-state index contributed by atoms with van der Waals surface area (Å²) in [6, 6.07) is 12.9. The molecule has 0 saturated heterocycles. The molecule has 2 aromatic heterocycles. The maximum Gasteiger partial charge on any atom is 0.412 e. The molecule has 2 heterocycles. The molecule has 194 valence electrons. The van der Waals surface area contributed by atoms with Gasteiger partial charge in [0.15, 0.2) is 16.6 Å². The van der Waals surface area contributed by atoms with Gasteiger partial charge in [0.05, 0.1) is 10.2 Å². The first-order valence-corrected chi connectivity index (χ1v) is 12.9. The first-order chi connectivity index (χ1) is 17.5. The Bertz CT molecular complexity index is 1490. The van der Waals surface area contributed by atoms with Gasteiger partial charge in [-0.05, 0) is 73.0 Å². The van der Waals surface area contributed by atoms with Gasteiger partial charge in [0.2, 0.25) is 0 Å². The zero-order valence-corrected chi connectivity index (χ0v) is 23.2. The fourth-order valence-electron chi connectivity index (χ4n) is 4.03. The highest BCUT2D eigenvalue weighted by atomic mass is 79.9. The van der Waals surface area contributed by atoms with E-state index in [0.29, 0.717) is 39.3 Å². The monoisotopic (exact) mass is 587 g/mol. The maximum absolute atomic E-state index is 12.4. The number of imidazole rings is 1. The highest BCUT2D eigenvalue weighted by Crippen LogP contribution is 2.41. The van der Waals surface area contributed by atoms with Crippen LogP contribution in [0.5, 0.6) is 0 Å². The van der Waals surface area contributed by atoms with Crippen LogP contribution >= 0.6 is 27.5 Å². The van der Waals surface area contributed by atoms with E-state index in [1.807, 2.05) is 43.3 Å². The van der Waals surface area contributed by atoms with E-state index in [0.717, 1.165) is 17.4 Å². The number of para-hydroxylation sites is 1. The van der Waals surface area contributed by atoms with Gasteiger partial charge < -0.3 is 18.8 Å². The zero-order valence-electron chi connectivity index (χ0n) is 20.9. The number of carboxylic acid groups (broad SMARTS) is 1. The van der Waals surface area contributed by atoms with Gasteiger partial charge in [0.25, 0.3) is 0 Å². The number of benzene rings is 2. The third kappa shape index (κ3) is 5.83. The Morgan fingerprint density at radius 3 is 2.62 bits per heavy atom. The van der Waals surface area contributed by atoms with Gasteiger partial charge >= 0.3 is 12.1 Å². The van der Waals surface area contributed by atoms with Gasteiger partial charge in [-0.2, -0.15) is 0 Å². The minimum absolute atomic E-state index is 0.0158. The number of carbonyl (C=O) groups excluding carboxylic acids is 1. The highest BCUT2D eigenvalue weighted by molar-refractivity contribution is 9.10. The number of furan rings is 1. The second-order valence-corrected chi connectivity index (χ2v) is 10.7. The Kier molecular flexibility index (Phi) is 7.66. The number of carbonyl (C=O) groups is 2. The maximum atomic E-state index is 12.4. The minimum atomic E-state index is -1.12. The lowest BCUT2D eigenvalue weighted by atomic mass is 10.1. The van der Waals surface area contributed by atoms with Crippen LogP contribution in [0.15, 0.2) is 51.4 Å². The number of halogens is 2. The van der Waals surface area contributed by atoms with Crippen LogP contribution in [-0.4, -0.2) is 32.3 Å². The van der Waals surface area contributed by atoms with Crippen LogP contribution < -0.4 is 5.32 Å². The van der Waals surface area contributed by atoms with Crippen molar-refractivity contribution in [1.29, 1.82) is 0 Å². The predicted molar refractivity (Wildman–Crippen MR) is 146 cm³/mol. The van der Waals surface area contributed by atoms with Crippen LogP contribution in [0.2, 0.25) is 5.15 Å². The molecule has 0 unspecified atom stereocenters. The van der Waals surface area contributed by atoms with Crippen molar-refractivity contribution in [3.05, 3.63) is 69.2 Å². The molecule has 4 aromatic rings. The van der Waals surface area contributed by atoms with Gasteiger partial charge in [-0.3, -0.25) is 5.32 Å². The number of fused-ring (bicyclic) bond motifs is 1. The van der Waals surface area contributed by atoms with Gasteiger partial charge in [-0.1, -0.05) is 36.7 Å². The van der Waals surface area contributed by atoms with Crippen molar-refractivity contribution < 1.29 is 23.8 Å². The lowest BCUT2D eigenvalue weighted by Gasteiger charge is -2.20. The third-order valence-electron chi connectivity index (χ3n) is 5.52. The quantitative estimate of drug-likeness (QED) is 0.228. The van der Waals surface area contributed by atoms with Gasteiger partial charge in [0.1, 0.15) is 17.0 Å². The molecule has 37 heavy (non-hydrogen) atoms. The largest absolute Gasteiger partial charge is 0.476 e. The first-order valence-electron chi connectivity index (χ1n) is 11.8. The smallest absolute Gasteiger partial charge is 0.412 e. The Labute approximate surface area is 227 Å². The molecule has 8 nitrogen and oxygen atoms in total. The van der Waals surface area contributed by atoms with E-state index in [4.69, 9.17) is 20.8 Å². The molecule has 0 aliphatic heterocycles. The number of ether oxygens (including phenoxy) is 1. The fourth-order valence-corrected chi connectivity index (χ4v) is 4.91. The molecule has 2 N–H and O–H groups in total. The van der Waals surface area contributed by atoms with Crippen LogP contribution in [0, 0.1) is 0 Å². The Hall–Kier alpha value is -3.30. The second-order valence-electron chi connectivity index (χ2n) is 9.56. The van der Waals surface area contributed by atoms with E-state index in [9.17, 15) is 14.7 Å². The number of hydrogen-bond donors (Lipinski definition) is 2. The summed E-state index contributed by atoms with van der Waals surface area (Å²) in [5.74, 6) is 0.0447. The molecule has 0 fully saturated rings. The molecule has 0 bridgehead atoms. The van der Waals surface area contributed by atoms with Crippen LogP contribution in [0.25, 0.3) is 22.3 Å². The molecule has 10 heteroatoms. The summed E-state index contributed by atoms with van der Waals surface area (Å²) in [5, 5.41) is 13.3. The Morgan fingerprint density at radius 1 is 1.22 bits per heavy atom. The average Bonchev–Trinajstić information content (AvgIpc) is 3.29. The van der Waals surface area contributed by atoms with Crippen LogP contribution in [0.3, 0.4) is 0 Å². The number of rotatable bonds is 7. The van der Waals surface area contributed by atoms with Crippen LogP contribution in [0.1, 0.15) is 56.0 Å². The van der Waals surface area contributed by atoms with Gasteiger partial charge in [-0.25, -0.2) is 14.6 Å². The van der Waals surface area contributed by atoms with Crippen molar-refractivity contribution in [2.75, 3.05) is 5.32 Å². The molecule has 0 atom stereocenters. The number of aromatic nitrogens is 2. The summed E-state index contributed by atoms with van der Waals surface area (Å²) in [4.78, 5) is 28.5. The summed E-state index contributed by atoms with van der Waals surface area (Å²) >= 11 is 9.82. The standard InChI is InChI=1S/C27H27BrClN3O5/c1-5-8-20-31-24(29)22(25(33)34)32(20)14-15-11-12-19-17(13-15)21(28)23(36-19)16-9-6-7-10-18(16)30-26(35)37-27(2,3)4/h6-7,9-13H,5,8,14H2,1-4H3,(H,30,35)(H,33,34). The van der Waals surface area contributed by atoms with Crippen LogP contribution in [-0.2, 0) is 17.7 Å². The molecular formula is C27H27BrClN3O5. The summed E-state index contributed by atoms with van der Waals surface area (Å²) in [7, 11) is 0. The van der Waals surface area contributed by atoms with Crippen molar-refractivity contribution >= 4 is 56.3 Å². The molecule has 0 saturated carbocycles. The predicted octanol–water partition coefficient (Wildman–Crippen LogP) is 7.76. The fraction of sp³-hybridized carbons (Fsp3) is 0.296. The number of aromatic carboxylic acids is 1. The average molecular weight is 589 g/mol. The van der Waals surface area contributed by atoms with E-state index in [-0.39, 0.29) is 17.4 Å². The summed E-state index contributed by atoms with van der Waals surface area (Å²) in [5.41, 5.74) is 2.05. The van der Waals surface area contributed by atoms with Crippen molar-refractivity contribution in [2.24, 2.45) is 0 Å². The minimum Gasteiger partial charge on any atom is -0.476 e. The lowest BCUT2D eigenvalue weighted by molar-refractivity contribution is 0.0633. The summed E-state index contributed by atoms with van der Waals surface area (Å²) in [6.07, 6.45) is 0.847. The van der Waals surface area contributed by atoms with E-state index in [1.165, 1.54) is 0 Å². The highest BCUT2D eigenvalue weighted by Gasteiger charge is 2.23. The number of amides is 1. The number of anilines is 1. The topological polar surface area (TPSA) is 107 Å². The van der Waals surface area contributed by atoms with Gasteiger partial charge in [0, 0.05) is 23.9 Å². The van der Waals surface area contributed by atoms with Crippen molar-refractivity contribution in [2.45, 2.75) is 52.7 Å².